The minimum absolute atomic E-state index is 0.101. The maximum Gasteiger partial charge on any atom is 0.243 e. The number of hydrogen-bond acceptors (Lipinski definition) is 3. The number of benzene rings is 2. The van der Waals surface area contributed by atoms with Gasteiger partial charge in [0.15, 0.2) is 0 Å². The summed E-state index contributed by atoms with van der Waals surface area (Å²) < 4.78 is 32.5. The Labute approximate surface area is 131 Å². The normalized spacial score (nSPS) is 19.2. The van der Waals surface area contributed by atoms with Crippen LogP contribution >= 0.6 is 0 Å². The molecule has 0 amide bonds. The molecule has 1 fully saturated rings. The van der Waals surface area contributed by atoms with E-state index < -0.39 is 10.0 Å². The summed E-state index contributed by atoms with van der Waals surface area (Å²) in [7, 11) is -1.83. The van der Waals surface area contributed by atoms with Crippen LogP contribution in [-0.4, -0.2) is 26.4 Å². The monoisotopic (exact) mass is 317 g/mol. The molecular formula is C17H19NO3S. The third-order valence-electron chi connectivity index (χ3n) is 4.05. The topological polar surface area (TPSA) is 46.6 Å². The van der Waals surface area contributed by atoms with Crippen molar-refractivity contribution in [2.75, 3.05) is 13.7 Å². The lowest BCUT2D eigenvalue weighted by Gasteiger charge is -2.24. The third kappa shape index (κ3) is 2.74. The number of ether oxygens (including phenoxy) is 1. The first kappa shape index (κ1) is 15.1. The summed E-state index contributed by atoms with van der Waals surface area (Å²) in [5.74, 6) is 0.777. The maximum absolute atomic E-state index is 12.8. The van der Waals surface area contributed by atoms with Crippen LogP contribution < -0.4 is 4.74 Å². The van der Waals surface area contributed by atoms with Crippen molar-refractivity contribution in [2.24, 2.45) is 0 Å². The highest BCUT2D eigenvalue weighted by molar-refractivity contribution is 7.89. The molecule has 1 atom stereocenters. The van der Waals surface area contributed by atoms with E-state index in [4.69, 9.17) is 4.74 Å². The van der Waals surface area contributed by atoms with Crippen molar-refractivity contribution in [3.05, 3.63) is 60.2 Å². The Kier molecular flexibility index (Phi) is 4.18. The molecule has 1 aliphatic rings. The largest absolute Gasteiger partial charge is 0.497 e. The van der Waals surface area contributed by atoms with E-state index in [9.17, 15) is 8.42 Å². The van der Waals surface area contributed by atoms with Crippen LogP contribution in [0.1, 0.15) is 24.4 Å². The lowest BCUT2D eigenvalue weighted by atomic mass is 10.1. The Morgan fingerprint density at radius 2 is 1.73 bits per heavy atom. The molecule has 0 radical (unpaired) electrons. The second kappa shape index (κ2) is 6.10. The van der Waals surface area contributed by atoms with Gasteiger partial charge in [-0.2, -0.15) is 4.31 Å². The first-order valence-corrected chi connectivity index (χ1v) is 8.78. The molecule has 1 saturated heterocycles. The summed E-state index contributed by atoms with van der Waals surface area (Å²) in [6.45, 7) is 0.563. The van der Waals surface area contributed by atoms with Crippen LogP contribution in [0, 0.1) is 0 Å². The molecule has 0 aromatic heterocycles. The Morgan fingerprint density at radius 1 is 1.05 bits per heavy atom. The van der Waals surface area contributed by atoms with Gasteiger partial charge >= 0.3 is 0 Å². The van der Waals surface area contributed by atoms with Crippen LogP contribution in [0.4, 0.5) is 0 Å². The highest BCUT2D eigenvalue weighted by Gasteiger charge is 2.35. The molecule has 5 heteroatoms. The zero-order valence-corrected chi connectivity index (χ0v) is 13.3. The van der Waals surface area contributed by atoms with Gasteiger partial charge in [-0.1, -0.05) is 30.3 Å². The first-order chi connectivity index (χ1) is 10.6. The zero-order chi connectivity index (χ0) is 15.6. The van der Waals surface area contributed by atoms with Crippen LogP contribution in [0.2, 0.25) is 0 Å². The Morgan fingerprint density at radius 3 is 2.36 bits per heavy atom. The fraction of sp³-hybridized carbons (Fsp3) is 0.294. The van der Waals surface area contributed by atoms with Gasteiger partial charge in [0.25, 0.3) is 0 Å². The number of sulfonamides is 1. The van der Waals surface area contributed by atoms with Gasteiger partial charge in [0.2, 0.25) is 10.0 Å². The lowest BCUT2D eigenvalue weighted by molar-refractivity contribution is 0.394. The highest BCUT2D eigenvalue weighted by atomic mass is 32.2. The molecule has 0 spiro atoms. The Balaban J connectivity index is 1.92. The molecular weight excluding hydrogens is 298 g/mol. The molecule has 0 saturated carbocycles. The van der Waals surface area contributed by atoms with E-state index in [1.807, 2.05) is 30.3 Å². The molecule has 4 nitrogen and oxygen atoms in total. The van der Waals surface area contributed by atoms with E-state index in [1.165, 1.54) is 0 Å². The first-order valence-electron chi connectivity index (χ1n) is 7.34. The maximum atomic E-state index is 12.8. The summed E-state index contributed by atoms with van der Waals surface area (Å²) in [4.78, 5) is 0.357. The second-order valence-electron chi connectivity index (χ2n) is 5.36. The molecule has 2 aromatic carbocycles. The van der Waals surface area contributed by atoms with Gasteiger partial charge in [0.1, 0.15) is 5.75 Å². The summed E-state index contributed by atoms with van der Waals surface area (Å²) in [5.41, 5.74) is 1.01. The van der Waals surface area contributed by atoms with Crippen LogP contribution in [0.3, 0.4) is 0 Å². The summed E-state index contributed by atoms with van der Waals surface area (Å²) in [6.07, 6.45) is 1.72. The van der Waals surface area contributed by atoms with Gasteiger partial charge in [-0.05, 0) is 42.7 Å². The Bertz CT molecular complexity index is 726. The molecule has 1 heterocycles. The molecule has 3 rings (SSSR count). The van der Waals surface area contributed by atoms with E-state index >= 15 is 0 Å². The molecule has 22 heavy (non-hydrogen) atoms. The van der Waals surface area contributed by atoms with Gasteiger partial charge in [-0.3, -0.25) is 0 Å². The quantitative estimate of drug-likeness (QED) is 0.870. The number of rotatable bonds is 4. The SMILES string of the molecule is COc1ccc(C2CCCN2S(=O)(=O)c2ccccc2)cc1. The van der Waals surface area contributed by atoms with Gasteiger partial charge in [-0.25, -0.2) is 8.42 Å². The number of methoxy groups -OCH3 is 1. The number of hydrogen-bond donors (Lipinski definition) is 0. The van der Waals surface area contributed by atoms with Gasteiger partial charge in [0.05, 0.1) is 18.0 Å². The minimum atomic E-state index is -3.45. The van der Waals surface area contributed by atoms with E-state index in [0.29, 0.717) is 11.4 Å². The fourth-order valence-electron chi connectivity index (χ4n) is 2.91. The van der Waals surface area contributed by atoms with E-state index in [0.717, 1.165) is 24.2 Å². The van der Waals surface area contributed by atoms with Gasteiger partial charge in [0, 0.05) is 6.54 Å². The van der Waals surface area contributed by atoms with Crippen molar-refractivity contribution in [2.45, 2.75) is 23.8 Å². The Hall–Kier alpha value is -1.85. The third-order valence-corrected chi connectivity index (χ3v) is 5.98. The van der Waals surface area contributed by atoms with Gasteiger partial charge in [-0.15, -0.1) is 0 Å². The zero-order valence-electron chi connectivity index (χ0n) is 12.5. The summed E-state index contributed by atoms with van der Waals surface area (Å²) in [5, 5.41) is 0. The second-order valence-corrected chi connectivity index (χ2v) is 7.25. The van der Waals surface area contributed by atoms with Crippen LogP contribution in [0.15, 0.2) is 59.5 Å². The van der Waals surface area contributed by atoms with Crippen molar-refractivity contribution < 1.29 is 13.2 Å². The predicted molar refractivity (Wildman–Crippen MR) is 85.3 cm³/mol. The molecule has 0 N–H and O–H groups in total. The summed E-state index contributed by atoms with van der Waals surface area (Å²) >= 11 is 0. The summed E-state index contributed by atoms with van der Waals surface area (Å²) in [6, 6.07) is 16.2. The standard InChI is InChI=1S/C17H19NO3S/c1-21-15-11-9-14(10-12-15)17-8-5-13-18(17)22(19,20)16-6-3-2-4-7-16/h2-4,6-7,9-12,17H,5,8,13H2,1H3. The molecule has 0 aliphatic carbocycles. The highest BCUT2D eigenvalue weighted by Crippen LogP contribution is 2.36. The van der Waals surface area contributed by atoms with Crippen LogP contribution in [0.25, 0.3) is 0 Å². The number of nitrogens with zero attached hydrogens (tertiary/aromatic N) is 1. The molecule has 1 unspecified atom stereocenters. The minimum Gasteiger partial charge on any atom is -0.497 e. The van der Waals surface area contributed by atoms with E-state index in [1.54, 1.807) is 35.7 Å². The smallest absolute Gasteiger partial charge is 0.243 e. The van der Waals surface area contributed by atoms with E-state index in [-0.39, 0.29) is 6.04 Å². The average Bonchev–Trinajstić information content (AvgIpc) is 3.06. The molecule has 1 aliphatic heterocycles. The van der Waals surface area contributed by atoms with Crippen molar-refractivity contribution in [1.29, 1.82) is 0 Å². The molecule has 116 valence electrons. The molecule has 2 aromatic rings. The van der Waals surface area contributed by atoms with Gasteiger partial charge < -0.3 is 4.74 Å². The van der Waals surface area contributed by atoms with Crippen LogP contribution in [-0.2, 0) is 10.0 Å². The van der Waals surface area contributed by atoms with Crippen molar-refractivity contribution >= 4 is 10.0 Å². The van der Waals surface area contributed by atoms with Crippen molar-refractivity contribution in [3.63, 3.8) is 0 Å². The van der Waals surface area contributed by atoms with E-state index in [2.05, 4.69) is 0 Å². The van der Waals surface area contributed by atoms with Crippen molar-refractivity contribution in [1.82, 2.24) is 4.31 Å². The average molecular weight is 317 g/mol. The van der Waals surface area contributed by atoms with Crippen molar-refractivity contribution in [3.8, 4) is 5.75 Å². The fourth-order valence-corrected chi connectivity index (χ4v) is 4.62. The molecule has 0 bridgehead atoms. The van der Waals surface area contributed by atoms with Crippen LogP contribution in [0.5, 0.6) is 5.75 Å². The lowest BCUT2D eigenvalue weighted by Crippen LogP contribution is -2.30. The predicted octanol–water partition coefficient (Wildman–Crippen LogP) is 3.22.